The number of alkyl halides is 3. The lowest BCUT2D eigenvalue weighted by Crippen LogP contribution is -2.32. The first-order valence-electron chi connectivity index (χ1n) is 9.64. The number of para-hydroxylation sites is 1. The van der Waals surface area contributed by atoms with E-state index in [0.717, 1.165) is 34.3 Å². The van der Waals surface area contributed by atoms with Crippen LogP contribution in [-0.2, 0) is 27.5 Å². The summed E-state index contributed by atoms with van der Waals surface area (Å²) < 4.78 is 69.5. The summed E-state index contributed by atoms with van der Waals surface area (Å²) in [4.78, 5) is 12.2. The Morgan fingerprint density at radius 2 is 1.84 bits per heavy atom. The summed E-state index contributed by atoms with van der Waals surface area (Å²) in [7, 11) is -3.83. The van der Waals surface area contributed by atoms with Crippen molar-refractivity contribution in [1.29, 1.82) is 0 Å². The first-order chi connectivity index (χ1) is 14.5. The minimum atomic E-state index is -4.59. The van der Waals surface area contributed by atoms with Gasteiger partial charge in [0, 0.05) is 25.1 Å². The number of halogens is 3. The van der Waals surface area contributed by atoms with Crippen LogP contribution >= 0.6 is 0 Å². The third kappa shape index (κ3) is 7.46. The number of sulfonamides is 1. The van der Waals surface area contributed by atoms with Crippen molar-refractivity contribution < 1.29 is 31.1 Å². The molecule has 2 aromatic carbocycles. The maximum atomic E-state index is 13.0. The van der Waals surface area contributed by atoms with Crippen molar-refractivity contribution in [1.82, 2.24) is 5.32 Å². The second kappa shape index (κ2) is 10.5. The van der Waals surface area contributed by atoms with Crippen molar-refractivity contribution >= 4 is 21.6 Å². The Bertz CT molecular complexity index is 994. The van der Waals surface area contributed by atoms with Crippen molar-refractivity contribution in [3.63, 3.8) is 0 Å². The molecule has 0 spiro atoms. The minimum Gasteiger partial charge on any atom is -0.494 e. The van der Waals surface area contributed by atoms with Gasteiger partial charge >= 0.3 is 6.18 Å². The summed E-state index contributed by atoms with van der Waals surface area (Å²) in [5, 5.41) is 2.74. The van der Waals surface area contributed by atoms with E-state index in [2.05, 4.69) is 5.32 Å². The molecule has 0 saturated heterocycles. The summed E-state index contributed by atoms with van der Waals surface area (Å²) in [6, 6.07) is 11.4. The average Bonchev–Trinajstić information content (AvgIpc) is 2.69. The Morgan fingerprint density at radius 3 is 2.48 bits per heavy atom. The standard InChI is InChI=1S/C21H25F3N2O4S/c1-3-30-19-11-5-4-8-16(19)15-25-20(27)12-7-13-26(31(2,28)29)18-10-6-9-17(14-18)21(22,23)24/h4-6,8-11,14H,3,7,12-13,15H2,1-2H3,(H,25,27). The molecule has 0 fully saturated rings. The number of amides is 1. The third-order valence-corrected chi connectivity index (χ3v) is 5.57. The van der Waals surface area contributed by atoms with E-state index in [9.17, 15) is 26.4 Å². The predicted octanol–water partition coefficient (Wildman–Crippen LogP) is 3.97. The molecular weight excluding hydrogens is 433 g/mol. The highest BCUT2D eigenvalue weighted by atomic mass is 32.2. The van der Waals surface area contributed by atoms with Gasteiger partial charge in [-0.2, -0.15) is 13.2 Å². The van der Waals surface area contributed by atoms with Crippen LogP contribution in [0.4, 0.5) is 18.9 Å². The van der Waals surface area contributed by atoms with Gasteiger partial charge in [-0.05, 0) is 37.6 Å². The second-order valence-corrected chi connectivity index (χ2v) is 8.71. The van der Waals surface area contributed by atoms with Crippen molar-refractivity contribution in [2.75, 3.05) is 23.7 Å². The van der Waals surface area contributed by atoms with Crippen LogP contribution in [0.15, 0.2) is 48.5 Å². The number of benzene rings is 2. The van der Waals surface area contributed by atoms with Gasteiger partial charge < -0.3 is 10.1 Å². The molecule has 0 aliphatic carbocycles. The second-order valence-electron chi connectivity index (χ2n) is 6.80. The van der Waals surface area contributed by atoms with Crippen LogP contribution in [0.2, 0.25) is 0 Å². The van der Waals surface area contributed by atoms with Crippen molar-refractivity contribution in [3.8, 4) is 5.75 Å². The lowest BCUT2D eigenvalue weighted by molar-refractivity contribution is -0.137. The van der Waals surface area contributed by atoms with Crippen LogP contribution in [0, 0.1) is 0 Å². The fraction of sp³-hybridized carbons (Fsp3) is 0.381. The highest BCUT2D eigenvalue weighted by Crippen LogP contribution is 2.32. The Morgan fingerprint density at radius 1 is 1.13 bits per heavy atom. The van der Waals surface area contributed by atoms with Gasteiger partial charge in [0.05, 0.1) is 24.1 Å². The van der Waals surface area contributed by atoms with Crippen LogP contribution in [0.1, 0.15) is 30.9 Å². The molecule has 1 N–H and O–H groups in total. The molecule has 10 heteroatoms. The van der Waals surface area contributed by atoms with Gasteiger partial charge in [-0.1, -0.05) is 24.3 Å². The third-order valence-electron chi connectivity index (χ3n) is 4.38. The van der Waals surface area contributed by atoms with Gasteiger partial charge in [0.25, 0.3) is 0 Å². The van der Waals surface area contributed by atoms with E-state index in [-0.39, 0.29) is 37.5 Å². The maximum absolute atomic E-state index is 13.0. The molecule has 0 heterocycles. The Kier molecular flexibility index (Phi) is 8.32. The van der Waals surface area contributed by atoms with Crippen LogP contribution in [-0.4, -0.2) is 33.7 Å². The van der Waals surface area contributed by atoms with Gasteiger partial charge in [0.2, 0.25) is 15.9 Å². The van der Waals surface area contributed by atoms with Crippen molar-refractivity contribution in [2.24, 2.45) is 0 Å². The van der Waals surface area contributed by atoms with E-state index in [1.54, 1.807) is 6.07 Å². The molecular formula is C21H25F3N2O4S. The van der Waals surface area contributed by atoms with E-state index >= 15 is 0 Å². The maximum Gasteiger partial charge on any atom is 0.416 e. The molecule has 6 nitrogen and oxygen atoms in total. The van der Waals surface area contributed by atoms with Crippen LogP contribution in [0.3, 0.4) is 0 Å². The van der Waals surface area contributed by atoms with Gasteiger partial charge in [0.15, 0.2) is 0 Å². The summed E-state index contributed by atoms with van der Waals surface area (Å²) in [5.74, 6) is 0.363. The Hall–Kier alpha value is -2.75. The number of hydrogen-bond acceptors (Lipinski definition) is 4. The number of ether oxygens (including phenoxy) is 1. The normalized spacial score (nSPS) is 11.8. The molecule has 0 atom stereocenters. The summed E-state index contributed by atoms with van der Waals surface area (Å²) in [6.07, 6.45) is -3.51. The zero-order chi connectivity index (χ0) is 23.1. The topological polar surface area (TPSA) is 75.7 Å². The number of nitrogens with one attached hydrogen (secondary N) is 1. The van der Waals surface area contributed by atoms with Crippen molar-refractivity contribution in [2.45, 2.75) is 32.5 Å². The zero-order valence-corrected chi connectivity index (χ0v) is 18.1. The van der Waals surface area contributed by atoms with E-state index in [4.69, 9.17) is 4.74 Å². The fourth-order valence-corrected chi connectivity index (χ4v) is 3.89. The van der Waals surface area contributed by atoms with Crippen LogP contribution < -0.4 is 14.4 Å². The summed E-state index contributed by atoms with van der Waals surface area (Å²) >= 11 is 0. The van der Waals surface area contributed by atoms with Crippen LogP contribution in [0.5, 0.6) is 5.75 Å². The van der Waals surface area contributed by atoms with Crippen LogP contribution in [0.25, 0.3) is 0 Å². The van der Waals surface area contributed by atoms with E-state index in [1.165, 1.54) is 6.07 Å². The first-order valence-corrected chi connectivity index (χ1v) is 11.5. The Labute approximate surface area is 180 Å². The van der Waals surface area contributed by atoms with Crippen molar-refractivity contribution in [3.05, 3.63) is 59.7 Å². The summed E-state index contributed by atoms with van der Waals surface area (Å²) in [5.41, 5.74) is -0.229. The quantitative estimate of drug-likeness (QED) is 0.585. The van der Waals surface area contributed by atoms with Gasteiger partial charge in [-0.25, -0.2) is 8.42 Å². The highest BCUT2D eigenvalue weighted by Gasteiger charge is 2.31. The molecule has 170 valence electrons. The number of carbonyl (C=O) groups excluding carboxylic acids is 1. The number of carbonyl (C=O) groups is 1. The monoisotopic (exact) mass is 458 g/mol. The molecule has 0 unspecified atom stereocenters. The minimum absolute atomic E-state index is 0.0157. The largest absolute Gasteiger partial charge is 0.494 e. The van der Waals surface area contributed by atoms with E-state index < -0.39 is 21.8 Å². The smallest absolute Gasteiger partial charge is 0.416 e. The van der Waals surface area contributed by atoms with E-state index in [0.29, 0.717) is 12.4 Å². The summed E-state index contributed by atoms with van der Waals surface area (Å²) in [6.45, 7) is 2.47. The van der Waals surface area contributed by atoms with Gasteiger partial charge in [0.1, 0.15) is 5.75 Å². The molecule has 0 saturated carbocycles. The van der Waals surface area contributed by atoms with Gasteiger partial charge in [-0.3, -0.25) is 9.10 Å². The average molecular weight is 459 g/mol. The number of hydrogen-bond donors (Lipinski definition) is 1. The molecule has 2 rings (SSSR count). The predicted molar refractivity (Wildman–Crippen MR) is 112 cm³/mol. The molecule has 0 aliphatic rings. The zero-order valence-electron chi connectivity index (χ0n) is 17.3. The molecule has 0 bridgehead atoms. The fourth-order valence-electron chi connectivity index (χ4n) is 2.94. The molecule has 2 aromatic rings. The van der Waals surface area contributed by atoms with Gasteiger partial charge in [-0.15, -0.1) is 0 Å². The SMILES string of the molecule is CCOc1ccccc1CNC(=O)CCCN(c1cccc(C(F)(F)F)c1)S(C)(=O)=O. The lowest BCUT2D eigenvalue weighted by atomic mass is 10.2. The van der Waals surface area contributed by atoms with E-state index in [1.807, 2.05) is 25.1 Å². The Balaban J connectivity index is 1.97. The highest BCUT2D eigenvalue weighted by molar-refractivity contribution is 7.92. The number of rotatable bonds is 10. The lowest BCUT2D eigenvalue weighted by Gasteiger charge is -2.23. The molecule has 1 amide bonds. The first kappa shape index (κ1) is 24.5. The molecule has 31 heavy (non-hydrogen) atoms. The molecule has 0 aliphatic heterocycles. The molecule has 0 aromatic heterocycles. The molecule has 0 radical (unpaired) electrons. The number of nitrogens with zero attached hydrogens (tertiary/aromatic N) is 1. The number of anilines is 1.